The summed E-state index contributed by atoms with van der Waals surface area (Å²) in [4.78, 5) is 0. The fourth-order valence-corrected chi connectivity index (χ4v) is 0.250. The first-order valence-electron chi connectivity index (χ1n) is 2.81. The Hall–Kier alpha value is 1.50. The Morgan fingerprint density at radius 3 is 1.50 bits per heavy atom. The van der Waals surface area contributed by atoms with Gasteiger partial charge in [-0.1, -0.05) is 43.4 Å². The molecule has 2 heteroatoms. The van der Waals surface area contributed by atoms with Crippen LogP contribution >= 0.6 is 22.6 Å². The zero-order valence-corrected chi connectivity index (χ0v) is 7.45. The second-order valence-electron chi connectivity index (χ2n) is 2.12. The van der Waals surface area contributed by atoms with Gasteiger partial charge in [0, 0.05) is 3.42 Å². The first-order chi connectivity index (χ1) is 3.12. The van der Waals surface area contributed by atoms with Crippen molar-refractivity contribution in [1.29, 1.82) is 0 Å². The van der Waals surface area contributed by atoms with Crippen molar-refractivity contribution in [3.63, 3.8) is 0 Å². The fourth-order valence-electron chi connectivity index (χ4n) is 0.250. The van der Waals surface area contributed by atoms with E-state index in [1.54, 1.807) is 0 Å². The number of halogens is 1. The van der Waals surface area contributed by atoms with Crippen LogP contribution < -0.4 is 0 Å². The van der Waals surface area contributed by atoms with Crippen LogP contribution in [0.15, 0.2) is 0 Å². The summed E-state index contributed by atoms with van der Waals surface area (Å²) < 4.78 is 0.553. The van der Waals surface area contributed by atoms with Crippen LogP contribution in [0.3, 0.4) is 0 Å². The molecule has 0 unspecified atom stereocenters. The maximum absolute atomic E-state index is 2.50. The molecule has 0 spiro atoms. The molecule has 0 fully saturated rings. The summed E-state index contributed by atoms with van der Waals surface area (Å²) >= 11 is 2.50. The lowest BCUT2D eigenvalue weighted by atomic mass is 10.1. The molecule has 0 aliphatic rings. The summed E-state index contributed by atoms with van der Waals surface area (Å²) in [6.45, 7) is 6.75. The van der Waals surface area contributed by atoms with Crippen molar-refractivity contribution in [3.8, 4) is 0 Å². The van der Waals surface area contributed by atoms with E-state index in [2.05, 4.69) is 43.4 Å². The molecule has 48 valence electrons. The molecule has 0 bridgehead atoms. The summed E-state index contributed by atoms with van der Waals surface area (Å²) in [5.74, 6) is 0. The quantitative estimate of drug-likeness (QED) is 0.392. The highest BCUT2D eigenvalue weighted by molar-refractivity contribution is 14.1. The van der Waals surface area contributed by atoms with Gasteiger partial charge in [0.05, 0.1) is 0 Å². The summed E-state index contributed by atoms with van der Waals surface area (Å²) in [6, 6.07) is 0. The van der Waals surface area contributed by atoms with Gasteiger partial charge in [-0.3, -0.25) is 0 Å². The lowest BCUT2D eigenvalue weighted by Gasteiger charge is -2.16. The molecule has 0 rings (SSSR count). The van der Waals surface area contributed by atoms with E-state index < -0.39 is 0 Å². The molecule has 0 radical (unpaired) electrons. The van der Waals surface area contributed by atoms with Crippen LogP contribution in [-0.4, -0.2) is 26.5 Å². The molecular weight excluding hydrogens is 223 g/mol. The minimum atomic E-state index is 0. The van der Waals surface area contributed by atoms with Crippen LogP contribution in [-0.2, 0) is 0 Å². The monoisotopic (exact) mass is 238 g/mol. The van der Waals surface area contributed by atoms with E-state index in [0.717, 1.165) is 0 Å². The second-order valence-corrected chi connectivity index (χ2v) is 4.72. The maximum atomic E-state index is 2.50. The highest BCUT2D eigenvalue weighted by Crippen LogP contribution is 2.25. The highest BCUT2D eigenvalue weighted by Gasteiger charge is 2.12. The van der Waals surface area contributed by atoms with E-state index in [-0.39, 0.29) is 23.1 Å². The molecule has 0 aromatic heterocycles. The van der Waals surface area contributed by atoms with E-state index in [4.69, 9.17) is 0 Å². The van der Waals surface area contributed by atoms with Gasteiger partial charge in [-0.05, 0) is 12.8 Å². The molecule has 0 aliphatic heterocycles. The Bertz CT molecular complexity index is 46.5. The Morgan fingerprint density at radius 2 is 1.50 bits per heavy atom. The van der Waals surface area contributed by atoms with Crippen molar-refractivity contribution in [2.24, 2.45) is 0 Å². The topological polar surface area (TPSA) is 0 Å². The van der Waals surface area contributed by atoms with Gasteiger partial charge in [-0.2, -0.15) is 0 Å². The Balaban J connectivity index is 0. The van der Waals surface area contributed by atoms with Crippen molar-refractivity contribution in [1.82, 2.24) is 0 Å². The van der Waals surface area contributed by atoms with Gasteiger partial charge in [-0.25, -0.2) is 0 Å². The Labute approximate surface area is 82.1 Å². The third-order valence-corrected chi connectivity index (χ3v) is 3.00. The van der Waals surface area contributed by atoms with Crippen LogP contribution in [0.5, 0.6) is 0 Å². The minimum absolute atomic E-state index is 0. The van der Waals surface area contributed by atoms with Crippen molar-refractivity contribution < 1.29 is 0 Å². The molecule has 0 aromatic rings. The van der Waals surface area contributed by atoms with E-state index in [0.29, 0.717) is 3.42 Å². The van der Waals surface area contributed by atoms with Crippen LogP contribution in [0, 0.1) is 0 Å². The first-order valence-corrected chi connectivity index (χ1v) is 3.89. The lowest BCUT2D eigenvalue weighted by molar-refractivity contribution is 0.631. The number of hydrogen-bond donors (Lipinski definition) is 0. The number of rotatable bonds is 2. The zero-order valence-electron chi connectivity index (χ0n) is 5.29. The van der Waals surface area contributed by atoms with Crippen molar-refractivity contribution in [3.05, 3.63) is 0 Å². The standard InChI is InChI=1S/C6H13I.Mg.2H/c1-4-6(3,7)5-2;;;/h4-5H2,1-3H3;;;. The largest absolute Gasteiger partial charge is 0.316 e. The third-order valence-electron chi connectivity index (χ3n) is 1.47. The fraction of sp³-hybridized carbons (Fsp3) is 1.00. The van der Waals surface area contributed by atoms with Gasteiger partial charge in [0.25, 0.3) is 0 Å². The lowest BCUT2D eigenvalue weighted by Crippen LogP contribution is -2.10. The smallest absolute Gasteiger partial charge is 0.0792 e. The van der Waals surface area contributed by atoms with Crippen molar-refractivity contribution in [2.75, 3.05) is 0 Å². The van der Waals surface area contributed by atoms with E-state index in [1.165, 1.54) is 12.8 Å². The molecule has 8 heavy (non-hydrogen) atoms. The van der Waals surface area contributed by atoms with E-state index in [9.17, 15) is 0 Å². The molecule has 0 aliphatic carbocycles. The average molecular weight is 238 g/mol. The number of alkyl halides is 1. The summed E-state index contributed by atoms with van der Waals surface area (Å²) in [6.07, 6.45) is 2.56. The number of hydrogen-bond acceptors (Lipinski definition) is 0. The van der Waals surface area contributed by atoms with Gasteiger partial charge in [-0.15, -0.1) is 0 Å². The van der Waals surface area contributed by atoms with Crippen molar-refractivity contribution >= 4 is 45.6 Å². The molecule has 0 saturated heterocycles. The van der Waals surface area contributed by atoms with Gasteiger partial charge < -0.3 is 0 Å². The summed E-state index contributed by atoms with van der Waals surface area (Å²) in [5.41, 5.74) is 0. The molecule has 0 aromatic carbocycles. The predicted octanol–water partition coefficient (Wildman–Crippen LogP) is 2.08. The molecule has 0 amide bonds. The van der Waals surface area contributed by atoms with Crippen LogP contribution in [0.2, 0.25) is 0 Å². The molecule has 0 heterocycles. The second kappa shape index (κ2) is 5.29. The highest BCUT2D eigenvalue weighted by atomic mass is 127. The van der Waals surface area contributed by atoms with E-state index in [1.807, 2.05) is 0 Å². The zero-order chi connectivity index (χ0) is 5.91. The minimum Gasteiger partial charge on any atom is -0.0792 e. The van der Waals surface area contributed by atoms with Crippen LogP contribution in [0.4, 0.5) is 0 Å². The SMILES string of the molecule is CCC(C)(I)CC.[MgH2]. The first kappa shape index (κ1) is 12.2. The van der Waals surface area contributed by atoms with Gasteiger partial charge in [0.1, 0.15) is 0 Å². The maximum Gasteiger partial charge on any atom is 0.316 e. The Kier molecular flexibility index (Phi) is 8.07. The molecular formula is C6H15IMg. The normalized spacial score (nSPS) is 10.5. The van der Waals surface area contributed by atoms with Gasteiger partial charge >= 0.3 is 23.1 Å². The third kappa shape index (κ3) is 5.63. The van der Waals surface area contributed by atoms with Gasteiger partial charge in [0.15, 0.2) is 0 Å². The molecule has 0 saturated carbocycles. The van der Waals surface area contributed by atoms with Gasteiger partial charge in [0.2, 0.25) is 0 Å². The Morgan fingerprint density at radius 1 is 1.25 bits per heavy atom. The summed E-state index contributed by atoms with van der Waals surface area (Å²) in [5, 5.41) is 0. The van der Waals surface area contributed by atoms with Crippen molar-refractivity contribution in [2.45, 2.75) is 37.0 Å². The van der Waals surface area contributed by atoms with Crippen LogP contribution in [0.25, 0.3) is 0 Å². The van der Waals surface area contributed by atoms with Crippen LogP contribution in [0.1, 0.15) is 33.6 Å². The average Bonchev–Trinajstić information content (AvgIpc) is 1.68. The molecule has 0 nitrogen and oxygen atoms in total. The molecule has 0 atom stereocenters. The summed E-state index contributed by atoms with van der Waals surface area (Å²) in [7, 11) is 0. The molecule has 0 N–H and O–H groups in total. The van der Waals surface area contributed by atoms with E-state index >= 15 is 0 Å². The predicted molar refractivity (Wildman–Crippen MR) is 51.6 cm³/mol.